The van der Waals surface area contributed by atoms with Crippen LogP contribution in [0.1, 0.15) is 16.3 Å². The van der Waals surface area contributed by atoms with E-state index in [-0.39, 0.29) is 11.3 Å². The van der Waals surface area contributed by atoms with E-state index in [2.05, 4.69) is 9.97 Å². The third kappa shape index (κ3) is 1.73. The second-order valence-corrected chi connectivity index (χ2v) is 3.47. The topological polar surface area (TPSA) is 106 Å². The lowest BCUT2D eigenvalue weighted by Crippen LogP contribution is -2.07. The molecule has 92 valence electrons. The maximum Gasteiger partial charge on any atom is 0.355 e. The summed E-state index contributed by atoms with van der Waals surface area (Å²) in [6.45, 7) is 1.38. The van der Waals surface area contributed by atoms with Gasteiger partial charge < -0.3 is 5.11 Å². The van der Waals surface area contributed by atoms with E-state index >= 15 is 0 Å². The number of hydrogen-bond donors (Lipinski definition) is 1. The van der Waals surface area contributed by atoms with Crippen molar-refractivity contribution in [2.75, 3.05) is 0 Å². The second-order valence-electron chi connectivity index (χ2n) is 3.47. The monoisotopic (exact) mass is 251 g/mol. The predicted octanol–water partition coefficient (Wildman–Crippen LogP) is 1.68. The molecule has 0 saturated heterocycles. The molecule has 7 nitrogen and oxygen atoms in total. The van der Waals surface area contributed by atoms with Crippen LogP contribution in [0.2, 0.25) is 0 Å². The van der Waals surface area contributed by atoms with Gasteiger partial charge in [-0.3, -0.25) is 10.1 Å². The van der Waals surface area contributed by atoms with Crippen LogP contribution in [0.25, 0.3) is 10.9 Å². The van der Waals surface area contributed by atoms with Gasteiger partial charge in [-0.25, -0.2) is 19.2 Å². The zero-order chi connectivity index (χ0) is 13.4. The fourth-order valence-corrected chi connectivity index (χ4v) is 1.60. The fourth-order valence-electron chi connectivity index (χ4n) is 1.60. The molecule has 0 aliphatic heterocycles. The van der Waals surface area contributed by atoms with Gasteiger partial charge in [-0.05, 0) is 13.0 Å². The highest BCUT2D eigenvalue weighted by Crippen LogP contribution is 2.28. The highest BCUT2D eigenvalue weighted by atomic mass is 19.1. The Morgan fingerprint density at radius 3 is 2.67 bits per heavy atom. The van der Waals surface area contributed by atoms with E-state index in [4.69, 9.17) is 5.11 Å². The number of aromatic carboxylic acids is 1. The first-order chi connectivity index (χ1) is 8.41. The Hall–Kier alpha value is -2.64. The third-order valence-electron chi connectivity index (χ3n) is 2.29. The maximum atomic E-state index is 13.6. The lowest BCUT2D eigenvalue weighted by molar-refractivity contribution is -0.383. The van der Waals surface area contributed by atoms with E-state index in [1.165, 1.54) is 6.92 Å². The molecule has 0 amide bonds. The Balaban J connectivity index is 3.01. The summed E-state index contributed by atoms with van der Waals surface area (Å²) in [6, 6.07) is 1.77. The van der Waals surface area contributed by atoms with E-state index in [0.717, 1.165) is 12.1 Å². The molecule has 0 atom stereocenters. The number of halogens is 1. The van der Waals surface area contributed by atoms with Gasteiger partial charge in [0, 0.05) is 6.07 Å². The smallest absolute Gasteiger partial charge is 0.355 e. The SMILES string of the molecule is Cc1nc(C(=O)O)c2c(F)ccc([N+](=O)[O-])c2n1. The van der Waals surface area contributed by atoms with Gasteiger partial charge in [0.25, 0.3) is 5.69 Å². The van der Waals surface area contributed by atoms with E-state index in [1.54, 1.807) is 0 Å². The first-order valence-corrected chi connectivity index (χ1v) is 4.76. The summed E-state index contributed by atoms with van der Waals surface area (Å²) in [7, 11) is 0. The van der Waals surface area contributed by atoms with Crippen molar-refractivity contribution in [3.05, 3.63) is 39.6 Å². The van der Waals surface area contributed by atoms with Crippen LogP contribution in [0, 0.1) is 22.9 Å². The largest absolute Gasteiger partial charge is 0.476 e. The minimum atomic E-state index is -1.47. The number of hydrogen-bond acceptors (Lipinski definition) is 5. The van der Waals surface area contributed by atoms with Gasteiger partial charge in [0.1, 0.15) is 11.6 Å². The Morgan fingerprint density at radius 1 is 1.44 bits per heavy atom. The first-order valence-electron chi connectivity index (χ1n) is 4.76. The molecule has 8 heteroatoms. The number of aryl methyl sites for hydroxylation is 1. The molecule has 0 saturated carbocycles. The van der Waals surface area contributed by atoms with E-state index < -0.39 is 33.5 Å². The number of aromatic nitrogens is 2. The summed E-state index contributed by atoms with van der Waals surface area (Å²) in [4.78, 5) is 28.4. The summed E-state index contributed by atoms with van der Waals surface area (Å²) in [5.41, 5.74) is -1.36. The molecule has 0 radical (unpaired) electrons. The number of carboxylic acid groups (broad SMARTS) is 1. The van der Waals surface area contributed by atoms with Crippen molar-refractivity contribution in [3.63, 3.8) is 0 Å². The van der Waals surface area contributed by atoms with Crippen molar-refractivity contribution in [3.8, 4) is 0 Å². The highest BCUT2D eigenvalue weighted by molar-refractivity contribution is 6.03. The Morgan fingerprint density at radius 2 is 2.11 bits per heavy atom. The second kappa shape index (κ2) is 3.99. The van der Waals surface area contributed by atoms with Gasteiger partial charge in [0.2, 0.25) is 0 Å². The predicted molar refractivity (Wildman–Crippen MR) is 57.8 cm³/mol. The number of nitro benzene ring substituents is 1. The highest BCUT2D eigenvalue weighted by Gasteiger charge is 2.23. The van der Waals surface area contributed by atoms with Gasteiger partial charge in [0.15, 0.2) is 11.2 Å². The van der Waals surface area contributed by atoms with E-state index in [1.807, 2.05) is 0 Å². The van der Waals surface area contributed by atoms with Crippen molar-refractivity contribution >= 4 is 22.6 Å². The number of benzene rings is 1. The Labute approximate surface area is 99.1 Å². The zero-order valence-corrected chi connectivity index (χ0v) is 9.05. The average molecular weight is 251 g/mol. The fraction of sp³-hybridized carbons (Fsp3) is 0.100. The van der Waals surface area contributed by atoms with Crippen LogP contribution < -0.4 is 0 Å². The van der Waals surface area contributed by atoms with Crippen molar-refractivity contribution in [2.45, 2.75) is 6.92 Å². The molecule has 0 bridgehead atoms. The van der Waals surface area contributed by atoms with Crippen LogP contribution in [-0.4, -0.2) is 26.0 Å². The molecule has 1 N–H and O–H groups in total. The molecule has 0 fully saturated rings. The number of rotatable bonds is 2. The van der Waals surface area contributed by atoms with E-state index in [9.17, 15) is 19.3 Å². The third-order valence-corrected chi connectivity index (χ3v) is 2.29. The van der Waals surface area contributed by atoms with Crippen molar-refractivity contribution < 1.29 is 19.2 Å². The molecule has 1 aromatic heterocycles. The molecule has 2 rings (SSSR count). The lowest BCUT2D eigenvalue weighted by atomic mass is 10.1. The molecular formula is C10H6FN3O4. The van der Waals surface area contributed by atoms with Gasteiger partial charge in [-0.15, -0.1) is 0 Å². The minimum absolute atomic E-state index is 0.0219. The number of nitro groups is 1. The lowest BCUT2D eigenvalue weighted by Gasteiger charge is -2.04. The maximum absolute atomic E-state index is 13.6. The number of nitrogens with zero attached hydrogens (tertiary/aromatic N) is 3. The summed E-state index contributed by atoms with van der Waals surface area (Å²) in [6.07, 6.45) is 0. The van der Waals surface area contributed by atoms with Gasteiger partial charge in [0.05, 0.1) is 10.3 Å². The van der Waals surface area contributed by atoms with Crippen molar-refractivity contribution in [1.82, 2.24) is 9.97 Å². The standard InChI is InChI=1S/C10H6FN3O4/c1-4-12-8-6(14(17)18)3-2-5(11)7(8)9(13-4)10(15)16/h2-3H,1H3,(H,15,16). The first kappa shape index (κ1) is 11.8. The molecule has 0 aliphatic carbocycles. The van der Waals surface area contributed by atoms with Crippen LogP contribution in [0.5, 0.6) is 0 Å². The molecule has 18 heavy (non-hydrogen) atoms. The Bertz CT molecular complexity index is 686. The van der Waals surface area contributed by atoms with E-state index in [0.29, 0.717) is 0 Å². The molecule has 0 unspecified atom stereocenters. The molecule has 0 spiro atoms. The number of carboxylic acids is 1. The quantitative estimate of drug-likeness (QED) is 0.642. The zero-order valence-electron chi connectivity index (χ0n) is 9.05. The van der Waals surface area contributed by atoms with Crippen molar-refractivity contribution in [1.29, 1.82) is 0 Å². The van der Waals surface area contributed by atoms with Crippen LogP contribution in [0.15, 0.2) is 12.1 Å². The minimum Gasteiger partial charge on any atom is -0.476 e. The van der Waals surface area contributed by atoms with Crippen LogP contribution in [0.4, 0.5) is 10.1 Å². The van der Waals surface area contributed by atoms with Crippen LogP contribution >= 0.6 is 0 Å². The summed E-state index contributed by atoms with van der Waals surface area (Å²) in [5, 5.41) is 19.3. The normalized spacial score (nSPS) is 10.6. The average Bonchev–Trinajstić information content (AvgIpc) is 2.27. The summed E-state index contributed by atoms with van der Waals surface area (Å²) < 4.78 is 13.6. The molecule has 0 aliphatic rings. The number of carbonyl (C=O) groups is 1. The van der Waals surface area contributed by atoms with Gasteiger partial charge >= 0.3 is 5.97 Å². The van der Waals surface area contributed by atoms with Gasteiger partial charge in [-0.2, -0.15) is 0 Å². The molecule has 1 heterocycles. The van der Waals surface area contributed by atoms with Gasteiger partial charge in [-0.1, -0.05) is 0 Å². The molecule has 1 aromatic carbocycles. The molecule has 2 aromatic rings. The summed E-state index contributed by atoms with van der Waals surface area (Å²) in [5.74, 6) is -2.36. The van der Waals surface area contributed by atoms with Crippen molar-refractivity contribution in [2.24, 2.45) is 0 Å². The number of fused-ring (bicyclic) bond motifs is 1. The van der Waals surface area contributed by atoms with Crippen LogP contribution in [-0.2, 0) is 0 Å². The number of non-ortho nitro benzene ring substituents is 1. The molecular weight excluding hydrogens is 245 g/mol. The van der Waals surface area contributed by atoms with Crippen LogP contribution in [0.3, 0.4) is 0 Å². The Kier molecular flexibility index (Phi) is 2.62. The summed E-state index contributed by atoms with van der Waals surface area (Å²) >= 11 is 0.